The van der Waals surface area contributed by atoms with E-state index in [1.807, 2.05) is 0 Å². The highest BCUT2D eigenvalue weighted by Crippen LogP contribution is 2.02. The molecule has 1 aliphatic heterocycles. The monoisotopic (exact) mass is 214 g/mol. The van der Waals surface area contributed by atoms with Crippen LogP contribution in [0.15, 0.2) is 0 Å². The largest absolute Gasteiger partial charge is 0.395 e. The van der Waals surface area contributed by atoms with Crippen molar-refractivity contribution in [2.75, 3.05) is 45.9 Å². The van der Waals surface area contributed by atoms with Gasteiger partial charge in [-0.15, -0.1) is 0 Å². The first-order valence-corrected chi connectivity index (χ1v) is 5.61. The second-order valence-corrected chi connectivity index (χ2v) is 4.04. The summed E-state index contributed by atoms with van der Waals surface area (Å²) in [5.74, 6) is 0.286. The Morgan fingerprint density at radius 1 is 1.13 bits per heavy atom. The van der Waals surface area contributed by atoms with Crippen LogP contribution in [0.1, 0.15) is 12.8 Å². The van der Waals surface area contributed by atoms with Crippen molar-refractivity contribution < 1.29 is 5.11 Å². The lowest BCUT2D eigenvalue weighted by molar-refractivity contribution is 0.112. The smallest absolute Gasteiger partial charge is 0.0905 e. The number of β-amino-alcohol motifs (C(OH)–C–C–N with tert-alkyl or cyclic N) is 1. The lowest BCUT2D eigenvalue weighted by Gasteiger charge is -2.34. The van der Waals surface area contributed by atoms with Crippen LogP contribution in [0, 0.1) is 5.41 Å². The highest BCUT2D eigenvalue weighted by Gasteiger charge is 2.15. The lowest BCUT2D eigenvalue weighted by atomic mass is 10.2. The molecule has 0 radical (unpaired) electrons. The summed E-state index contributed by atoms with van der Waals surface area (Å²) in [6.45, 7) is 6.30. The third-order valence-corrected chi connectivity index (χ3v) is 2.80. The van der Waals surface area contributed by atoms with Gasteiger partial charge in [0.25, 0.3) is 0 Å². The molecule has 1 rings (SSSR count). The predicted octanol–water partition coefficient (Wildman–Crippen LogP) is -0.688. The summed E-state index contributed by atoms with van der Waals surface area (Å²) in [6, 6.07) is 0. The summed E-state index contributed by atoms with van der Waals surface area (Å²) in [4.78, 5) is 4.68. The van der Waals surface area contributed by atoms with Crippen LogP contribution in [0.5, 0.6) is 0 Å². The topological polar surface area (TPSA) is 76.6 Å². The highest BCUT2D eigenvalue weighted by molar-refractivity contribution is 5.76. The summed E-state index contributed by atoms with van der Waals surface area (Å²) in [5.41, 5.74) is 5.30. The molecule has 0 saturated carbocycles. The molecule has 5 nitrogen and oxygen atoms in total. The first kappa shape index (κ1) is 12.4. The number of rotatable bonds is 6. The highest BCUT2D eigenvalue weighted by atomic mass is 16.3. The molecule has 0 unspecified atom stereocenters. The van der Waals surface area contributed by atoms with Crippen LogP contribution in [-0.4, -0.2) is 66.6 Å². The minimum atomic E-state index is 0.254. The zero-order valence-corrected chi connectivity index (χ0v) is 9.28. The molecule has 0 aliphatic carbocycles. The maximum Gasteiger partial charge on any atom is 0.0905 e. The Hall–Kier alpha value is -0.650. The molecule has 0 aromatic rings. The molecule has 4 N–H and O–H groups in total. The number of aliphatic hydroxyl groups is 1. The van der Waals surface area contributed by atoms with Crippen LogP contribution in [0.2, 0.25) is 0 Å². The summed E-state index contributed by atoms with van der Waals surface area (Å²) in [6.07, 6.45) is 1.69. The Labute approximate surface area is 91.4 Å². The van der Waals surface area contributed by atoms with Crippen molar-refractivity contribution in [3.63, 3.8) is 0 Å². The van der Waals surface area contributed by atoms with Gasteiger partial charge in [0.05, 0.1) is 12.4 Å². The number of nitrogens with two attached hydrogens (primary N) is 1. The molecule has 1 heterocycles. The van der Waals surface area contributed by atoms with E-state index >= 15 is 0 Å². The van der Waals surface area contributed by atoms with Crippen molar-refractivity contribution in [1.29, 1.82) is 5.41 Å². The first-order valence-electron chi connectivity index (χ1n) is 5.61. The molecule has 1 fully saturated rings. The molecule has 0 spiro atoms. The van der Waals surface area contributed by atoms with E-state index in [0.29, 0.717) is 6.42 Å². The van der Waals surface area contributed by atoms with E-state index in [1.165, 1.54) is 0 Å². The molecule has 0 amide bonds. The van der Waals surface area contributed by atoms with Crippen LogP contribution in [0.25, 0.3) is 0 Å². The Morgan fingerprint density at radius 2 is 1.67 bits per heavy atom. The number of hydrogen-bond donors (Lipinski definition) is 3. The van der Waals surface area contributed by atoms with E-state index < -0.39 is 0 Å². The van der Waals surface area contributed by atoms with Gasteiger partial charge < -0.3 is 15.7 Å². The third-order valence-electron chi connectivity index (χ3n) is 2.80. The number of hydrogen-bond acceptors (Lipinski definition) is 4. The number of piperazine rings is 1. The quantitative estimate of drug-likeness (QED) is 0.404. The van der Waals surface area contributed by atoms with Crippen LogP contribution in [0.4, 0.5) is 0 Å². The molecular weight excluding hydrogens is 192 g/mol. The van der Waals surface area contributed by atoms with E-state index in [-0.39, 0.29) is 12.4 Å². The SMILES string of the molecule is N=C(N)CCCN1CCN(CCO)CC1. The normalized spacial score (nSPS) is 19.3. The predicted molar refractivity (Wildman–Crippen MR) is 61.1 cm³/mol. The van der Waals surface area contributed by atoms with E-state index in [4.69, 9.17) is 16.2 Å². The van der Waals surface area contributed by atoms with Crippen LogP contribution < -0.4 is 5.73 Å². The second kappa shape index (κ2) is 6.76. The minimum absolute atomic E-state index is 0.254. The molecule has 0 aromatic carbocycles. The van der Waals surface area contributed by atoms with Gasteiger partial charge in [-0.3, -0.25) is 10.3 Å². The van der Waals surface area contributed by atoms with Gasteiger partial charge in [0.15, 0.2) is 0 Å². The molecular formula is C10H22N4O. The summed E-state index contributed by atoms with van der Waals surface area (Å²) >= 11 is 0. The van der Waals surface area contributed by atoms with Gasteiger partial charge in [0.1, 0.15) is 0 Å². The maximum atomic E-state index is 8.79. The third kappa shape index (κ3) is 5.11. The van der Waals surface area contributed by atoms with Crippen molar-refractivity contribution in [3.8, 4) is 0 Å². The lowest BCUT2D eigenvalue weighted by Crippen LogP contribution is -2.47. The number of nitrogens with zero attached hydrogens (tertiary/aromatic N) is 2. The fourth-order valence-electron chi connectivity index (χ4n) is 1.87. The van der Waals surface area contributed by atoms with Crippen molar-refractivity contribution in [3.05, 3.63) is 0 Å². The maximum absolute atomic E-state index is 8.79. The van der Waals surface area contributed by atoms with E-state index in [2.05, 4.69) is 9.80 Å². The molecule has 1 saturated heterocycles. The van der Waals surface area contributed by atoms with E-state index in [9.17, 15) is 0 Å². The first-order chi connectivity index (χ1) is 7.22. The van der Waals surface area contributed by atoms with E-state index in [1.54, 1.807) is 0 Å². The van der Waals surface area contributed by atoms with Gasteiger partial charge in [0.2, 0.25) is 0 Å². The average Bonchev–Trinajstić information content (AvgIpc) is 2.20. The van der Waals surface area contributed by atoms with Crippen LogP contribution >= 0.6 is 0 Å². The van der Waals surface area contributed by atoms with Gasteiger partial charge in [-0.25, -0.2) is 0 Å². The van der Waals surface area contributed by atoms with Crippen molar-refractivity contribution in [2.45, 2.75) is 12.8 Å². The van der Waals surface area contributed by atoms with Gasteiger partial charge >= 0.3 is 0 Å². The Bertz CT molecular complexity index is 190. The summed E-state index contributed by atoms with van der Waals surface area (Å²) < 4.78 is 0. The van der Waals surface area contributed by atoms with Crippen LogP contribution in [0.3, 0.4) is 0 Å². The molecule has 0 aromatic heterocycles. The van der Waals surface area contributed by atoms with Gasteiger partial charge in [0, 0.05) is 39.1 Å². The van der Waals surface area contributed by atoms with Crippen molar-refractivity contribution in [2.24, 2.45) is 5.73 Å². The fraction of sp³-hybridized carbons (Fsp3) is 0.900. The average molecular weight is 214 g/mol. The molecule has 5 heteroatoms. The zero-order valence-electron chi connectivity index (χ0n) is 9.28. The molecule has 15 heavy (non-hydrogen) atoms. The second-order valence-electron chi connectivity index (χ2n) is 4.04. The Balaban J connectivity index is 2.06. The van der Waals surface area contributed by atoms with Crippen molar-refractivity contribution >= 4 is 5.84 Å². The van der Waals surface area contributed by atoms with Gasteiger partial charge in [-0.2, -0.15) is 0 Å². The van der Waals surface area contributed by atoms with Gasteiger partial charge in [-0.1, -0.05) is 0 Å². The molecule has 88 valence electrons. The Morgan fingerprint density at radius 3 is 2.13 bits per heavy atom. The molecule has 0 bridgehead atoms. The number of nitrogens with one attached hydrogen (secondary N) is 1. The molecule has 0 atom stereocenters. The number of aliphatic hydroxyl groups excluding tert-OH is 1. The van der Waals surface area contributed by atoms with Crippen LogP contribution in [-0.2, 0) is 0 Å². The summed E-state index contributed by atoms with van der Waals surface area (Å²) in [5, 5.41) is 15.9. The molecule has 1 aliphatic rings. The summed E-state index contributed by atoms with van der Waals surface area (Å²) in [7, 11) is 0. The standard InChI is InChI=1S/C10H22N4O/c11-10(12)2-1-3-13-4-6-14(7-5-13)8-9-15/h15H,1-9H2,(H3,11,12). The van der Waals surface area contributed by atoms with Gasteiger partial charge in [-0.05, 0) is 13.0 Å². The fourth-order valence-corrected chi connectivity index (χ4v) is 1.87. The van der Waals surface area contributed by atoms with Crippen molar-refractivity contribution in [1.82, 2.24) is 9.80 Å². The zero-order chi connectivity index (χ0) is 11.1. The number of amidine groups is 1. The minimum Gasteiger partial charge on any atom is -0.395 e. The van der Waals surface area contributed by atoms with E-state index in [0.717, 1.165) is 45.7 Å². The Kier molecular flexibility index (Phi) is 5.60.